The van der Waals surface area contributed by atoms with Crippen molar-refractivity contribution in [3.8, 4) is 5.75 Å². The molecule has 0 unspecified atom stereocenters. The third kappa shape index (κ3) is 8.76. The first-order chi connectivity index (χ1) is 14.6. The quantitative estimate of drug-likeness (QED) is 0.244. The van der Waals surface area contributed by atoms with E-state index in [9.17, 15) is 0 Å². The molecule has 2 rings (SSSR count). The second-order valence-corrected chi connectivity index (χ2v) is 7.84. The molecule has 0 saturated carbocycles. The fraction of sp³-hybridized carbons (Fsp3) is 0.625. The molecule has 0 radical (unpaired) electrons. The van der Waals surface area contributed by atoms with Gasteiger partial charge in [0.2, 0.25) is 0 Å². The molecule has 1 fully saturated rings. The van der Waals surface area contributed by atoms with E-state index in [0.717, 1.165) is 75.8 Å². The molecular formula is C24H40N4O2. The molecule has 0 aromatic heterocycles. The molecule has 1 aliphatic rings. The van der Waals surface area contributed by atoms with Crippen molar-refractivity contribution in [2.75, 3.05) is 53.6 Å². The van der Waals surface area contributed by atoms with Gasteiger partial charge in [-0.1, -0.05) is 18.2 Å². The van der Waals surface area contributed by atoms with Crippen LogP contribution in [0.5, 0.6) is 5.75 Å². The third-order valence-electron chi connectivity index (χ3n) is 5.43. The van der Waals surface area contributed by atoms with E-state index < -0.39 is 0 Å². The molecule has 0 spiro atoms. The van der Waals surface area contributed by atoms with Crippen molar-refractivity contribution in [1.82, 2.24) is 15.1 Å². The number of nitrogens with one attached hydrogen (secondary N) is 1. The summed E-state index contributed by atoms with van der Waals surface area (Å²) in [6.07, 6.45) is 6.29. The van der Waals surface area contributed by atoms with Crippen LogP contribution in [0.3, 0.4) is 0 Å². The second-order valence-electron chi connectivity index (χ2n) is 7.84. The van der Waals surface area contributed by atoms with Crippen LogP contribution in [0.15, 0.2) is 41.9 Å². The number of nitrogens with zero attached hydrogens (tertiary/aromatic N) is 3. The highest BCUT2D eigenvalue weighted by atomic mass is 16.5. The van der Waals surface area contributed by atoms with Gasteiger partial charge in [-0.2, -0.15) is 0 Å². The molecular weight excluding hydrogens is 376 g/mol. The molecule has 30 heavy (non-hydrogen) atoms. The van der Waals surface area contributed by atoms with Gasteiger partial charge < -0.3 is 19.7 Å². The molecule has 168 valence electrons. The summed E-state index contributed by atoms with van der Waals surface area (Å²) in [6.45, 7) is 11.7. The van der Waals surface area contributed by atoms with E-state index in [4.69, 9.17) is 14.5 Å². The fourth-order valence-corrected chi connectivity index (χ4v) is 3.56. The number of hydrogen-bond donors (Lipinski definition) is 1. The van der Waals surface area contributed by atoms with Crippen molar-refractivity contribution >= 4 is 5.96 Å². The van der Waals surface area contributed by atoms with Crippen LogP contribution in [-0.4, -0.2) is 75.4 Å². The molecule has 1 aliphatic heterocycles. The zero-order valence-corrected chi connectivity index (χ0v) is 19.1. The number of allylic oxidation sites excluding steroid dienone is 1. The van der Waals surface area contributed by atoms with E-state index in [-0.39, 0.29) is 0 Å². The van der Waals surface area contributed by atoms with Crippen LogP contribution in [0, 0.1) is 0 Å². The first-order valence-electron chi connectivity index (χ1n) is 11.2. The first kappa shape index (κ1) is 24.2. The van der Waals surface area contributed by atoms with E-state index in [0.29, 0.717) is 19.2 Å². The van der Waals surface area contributed by atoms with Crippen LogP contribution in [0.2, 0.25) is 0 Å². The summed E-state index contributed by atoms with van der Waals surface area (Å²) < 4.78 is 11.5. The maximum Gasteiger partial charge on any atom is 0.193 e. The molecule has 1 N–H and O–H groups in total. The minimum absolute atomic E-state index is 0.607. The lowest BCUT2D eigenvalue weighted by Crippen LogP contribution is -2.39. The Morgan fingerprint density at radius 1 is 1.30 bits per heavy atom. The lowest BCUT2D eigenvalue weighted by Gasteiger charge is -2.31. The molecule has 0 atom stereocenters. The third-order valence-corrected chi connectivity index (χ3v) is 5.43. The molecule has 0 aliphatic carbocycles. The van der Waals surface area contributed by atoms with Crippen molar-refractivity contribution in [2.24, 2.45) is 4.99 Å². The normalized spacial score (nSPS) is 15.3. The average Bonchev–Trinajstić information content (AvgIpc) is 2.77. The van der Waals surface area contributed by atoms with Crippen LogP contribution in [0.4, 0.5) is 0 Å². The molecule has 1 aromatic rings. The van der Waals surface area contributed by atoms with E-state index >= 15 is 0 Å². The number of aliphatic imine (C=N–C) groups is 1. The van der Waals surface area contributed by atoms with Crippen molar-refractivity contribution in [2.45, 2.75) is 45.2 Å². The highest BCUT2D eigenvalue weighted by Crippen LogP contribution is 2.16. The monoisotopic (exact) mass is 416 g/mol. The van der Waals surface area contributed by atoms with Gasteiger partial charge in [-0.3, -0.25) is 4.90 Å². The number of rotatable bonds is 12. The maximum absolute atomic E-state index is 6.02. The number of unbranched alkanes of at least 4 members (excludes halogenated alkanes) is 1. The van der Waals surface area contributed by atoms with Crippen molar-refractivity contribution in [3.05, 3.63) is 42.5 Å². The van der Waals surface area contributed by atoms with Gasteiger partial charge in [0.15, 0.2) is 5.96 Å². The summed E-state index contributed by atoms with van der Waals surface area (Å²) in [4.78, 5) is 9.37. The SMILES string of the molecule is C=CCCCN(C)C(=NCc1cccc(OCCN(C)C2CCOCC2)c1)NCC. The van der Waals surface area contributed by atoms with Gasteiger partial charge >= 0.3 is 0 Å². The summed E-state index contributed by atoms with van der Waals surface area (Å²) in [5.41, 5.74) is 1.15. The average molecular weight is 417 g/mol. The molecule has 1 heterocycles. The summed E-state index contributed by atoms with van der Waals surface area (Å²) in [6, 6.07) is 8.87. The van der Waals surface area contributed by atoms with Crippen LogP contribution >= 0.6 is 0 Å². The summed E-state index contributed by atoms with van der Waals surface area (Å²) >= 11 is 0. The predicted molar refractivity (Wildman–Crippen MR) is 125 cm³/mol. The smallest absolute Gasteiger partial charge is 0.193 e. The summed E-state index contributed by atoms with van der Waals surface area (Å²) in [5.74, 6) is 1.85. The van der Waals surface area contributed by atoms with Gasteiger partial charge in [0.25, 0.3) is 0 Å². The Morgan fingerprint density at radius 2 is 2.10 bits per heavy atom. The van der Waals surface area contributed by atoms with Gasteiger partial charge in [-0.15, -0.1) is 6.58 Å². The van der Waals surface area contributed by atoms with Crippen LogP contribution in [0.25, 0.3) is 0 Å². The Kier molecular flexibility index (Phi) is 11.3. The minimum atomic E-state index is 0.607. The Labute approximate surface area is 182 Å². The lowest BCUT2D eigenvalue weighted by molar-refractivity contribution is 0.0392. The Hall–Kier alpha value is -2.05. The zero-order valence-electron chi connectivity index (χ0n) is 19.1. The van der Waals surface area contributed by atoms with Gasteiger partial charge in [0.05, 0.1) is 6.54 Å². The number of guanidine groups is 1. The zero-order chi connectivity index (χ0) is 21.6. The maximum atomic E-state index is 6.02. The first-order valence-corrected chi connectivity index (χ1v) is 11.2. The lowest BCUT2D eigenvalue weighted by atomic mass is 10.1. The Bertz CT molecular complexity index is 644. The predicted octanol–water partition coefficient (Wildman–Crippen LogP) is 3.54. The van der Waals surface area contributed by atoms with E-state index in [2.05, 4.69) is 54.8 Å². The van der Waals surface area contributed by atoms with Crippen molar-refractivity contribution in [3.63, 3.8) is 0 Å². The molecule has 0 amide bonds. The second kappa shape index (κ2) is 14.0. The van der Waals surface area contributed by atoms with Crippen LogP contribution in [-0.2, 0) is 11.3 Å². The summed E-state index contributed by atoms with van der Waals surface area (Å²) in [7, 11) is 4.26. The minimum Gasteiger partial charge on any atom is -0.492 e. The van der Waals surface area contributed by atoms with Gasteiger partial charge in [-0.25, -0.2) is 4.99 Å². The Morgan fingerprint density at radius 3 is 2.83 bits per heavy atom. The van der Waals surface area contributed by atoms with Crippen LogP contribution < -0.4 is 10.1 Å². The van der Waals surface area contributed by atoms with E-state index in [1.165, 1.54) is 0 Å². The highest BCUT2D eigenvalue weighted by molar-refractivity contribution is 5.79. The van der Waals surface area contributed by atoms with Gasteiger partial charge in [0, 0.05) is 45.9 Å². The number of benzene rings is 1. The van der Waals surface area contributed by atoms with Crippen molar-refractivity contribution < 1.29 is 9.47 Å². The Balaban J connectivity index is 1.83. The standard InChI is InChI=1S/C24H40N4O2/c1-5-7-8-14-28(4)24(25-6-2)26-20-21-10-9-11-23(19-21)30-18-15-27(3)22-12-16-29-17-13-22/h5,9-11,19,22H,1,6-8,12-18,20H2,2-4H3,(H,25,26). The molecule has 6 nitrogen and oxygen atoms in total. The van der Waals surface area contributed by atoms with E-state index in [1.54, 1.807) is 0 Å². The van der Waals surface area contributed by atoms with Gasteiger partial charge in [-0.05, 0) is 57.4 Å². The topological polar surface area (TPSA) is 49.3 Å². The highest BCUT2D eigenvalue weighted by Gasteiger charge is 2.17. The van der Waals surface area contributed by atoms with E-state index in [1.807, 2.05) is 18.2 Å². The molecule has 0 bridgehead atoms. The molecule has 1 aromatic carbocycles. The van der Waals surface area contributed by atoms with Gasteiger partial charge in [0.1, 0.15) is 12.4 Å². The molecule has 6 heteroatoms. The summed E-state index contributed by atoms with van der Waals surface area (Å²) in [5, 5.41) is 3.38. The number of hydrogen-bond acceptors (Lipinski definition) is 4. The fourth-order valence-electron chi connectivity index (χ4n) is 3.56. The molecule has 1 saturated heterocycles. The van der Waals surface area contributed by atoms with Crippen molar-refractivity contribution in [1.29, 1.82) is 0 Å². The largest absolute Gasteiger partial charge is 0.492 e. The number of likely N-dealkylation sites (N-methyl/N-ethyl adjacent to an activating group) is 1. The van der Waals surface area contributed by atoms with Crippen LogP contribution in [0.1, 0.15) is 38.2 Å². The number of ether oxygens (including phenoxy) is 2.